The first-order chi connectivity index (χ1) is 9.83. The van der Waals surface area contributed by atoms with Gasteiger partial charge in [-0.1, -0.05) is 0 Å². The summed E-state index contributed by atoms with van der Waals surface area (Å²) >= 11 is 3.24. The van der Waals surface area contributed by atoms with E-state index in [1.54, 1.807) is 19.1 Å². The standard InChI is InChI=1S/C14H12BrN3O2S/c1-9-6-11(3-4-13(9)17)21(19,20)18-14-5-2-10(8-16)7-12(14)15/h2-7,18H,17H2,1H3. The number of benzene rings is 2. The van der Waals surface area contributed by atoms with Gasteiger partial charge in [0.05, 0.1) is 22.2 Å². The second kappa shape index (κ2) is 5.76. The van der Waals surface area contributed by atoms with Crippen LogP contribution in [0.25, 0.3) is 0 Å². The lowest BCUT2D eigenvalue weighted by Crippen LogP contribution is -2.13. The topological polar surface area (TPSA) is 96.0 Å². The molecular formula is C14H12BrN3O2S. The van der Waals surface area contributed by atoms with Crippen molar-refractivity contribution in [2.24, 2.45) is 0 Å². The van der Waals surface area contributed by atoms with Crippen LogP contribution in [0, 0.1) is 18.3 Å². The fourth-order valence-corrected chi connectivity index (χ4v) is 3.46. The van der Waals surface area contributed by atoms with Crippen LogP contribution < -0.4 is 10.5 Å². The number of nitrogen functional groups attached to an aromatic ring is 1. The number of rotatable bonds is 3. The molecule has 0 radical (unpaired) electrons. The molecule has 0 saturated heterocycles. The monoisotopic (exact) mass is 365 g/mol. The largest absolute Gasteiger partial charge is 0.399 e. The maximum atomic E-state index is 12.3. The third kappa shape index (κ3) is 3.35. The smallest absolute Gasteiger partial charge is 0.261 e. The number of hydrogen-bond acceptors (Lipinski definition) is 4. The Labute approximate surface area is 131 Å². The molecule has 108 valence electrons. The Morgan fingerprint density at radius 1 is 1.24 bits per heavy atom. The average molecular weight is 366 g/mol. The summed E-state index contributed by atoms with van der Waals surface area (Å²) in [5.41, 5.74) is 7.72. The molecule has 0 bridgehead atoms. The Kier molecular flexibility index (Phi) is 4.21. The molecular weight excluding hydrogens is 354 g/mol. The molecule has 3 N–H and O–H groups in total. The molecule has 0 aliphatic rings. The lowest BCUT2D eigenvalue weighted by atomic mass is 10.2. The summed E-state index contributed by atoms with van der Waals surface area (Å²) < 4.78 is 27.6. The molecule has 0 aliphatic heterocycles. The molecule has 0 heterocycles. The predicted molar refractivity (Wildman–Crippen MR) is 85.3 cm³/mol. The first-order valence-corrected chi connectivity index (χ1v) is 8.20. The average Bonchev–Trinajstić information content (AvgIpc) is 2.43. The molecule has 2 aromatic rings. The number of halogens is 1. The molecule has 0 unspecified atom stereocenters. The molecule has 0 spiro atoms. The molecule has 0 aromatic heterocycles. The zero-order chi connectivity index (χ0) is 15.6. The van der Waals surface area contributed by atoms with Gasteiger partial charge in [-0.25, -0.2) is 8.42 Å². The summed E-state index contributed by atoms with van der Waals surface area (Å²) in [5, 5.41) is 8.80. The lowest BCUT2D eigenvalue weighted by Gasteiger charge is -2.11. The number of nitriles is 1. The van der Waals surface area contributed by atoms with Gasteiger partial charge in [0.15, 0.2) is 0 Å². The fourth-order valence-electron chi connectivity index (χ4n) is 1.69. The summed E-state index contributed by atoms with van der Waals surface area (Å²) in [6.45, 7) is 1.74. The van der Waals surface area contributed by atoms with E-state index in [4.69, 9.17) is 11.0 Å². The van der Waals surface area contributed by atoms with E-state index in [1.807, 2.05) is 6.07 Å². The molecule has 2 rings (SSSR count). The van der Waals surface area contributed by atoms with Crippen LogP contribution in [0.4, 0.5) is 11.4 Å². The Morgan fingerprint density at radius 2 is 1.95 bits per heavy atom. The summed E-state index contributed by atoms with van der Waals surface area (Å²) in [5.74, 6) is 0. The van der Waals surface area contributed by atoms with Crippen molar-refractivity contribution in [1.29, 1.82) is 5.26 Å². The van der Waals surface area contributed by atoms with Crippen LogP contribution >= 0.6 is 15.9 Å². The maximum absolute atomic E-state index is 12.3. The van der Waals surface area contributed by atoms with E-state index in [2.05, 4.69) is 20.7 Å². The Bertz CT molecular complexity index is 842. The minimum Gasteiger partial charge on any atom is -0.399 e. The van der Waals surface area contributed by atoms with E-state index in [1.165, 1.54) is 24.3 Å². The Balaban J connectivity index is 2.37. The minimum absolute atomic E-state index is 0.130. The minimum atomic E-state index is -3.71. The fraction of sp³-hybridized carbons (Fsp3) is 0.0714. The van der Waals surface area contributed by atoms with E-state index in [0.29, 0.717) is 27.0 Å². The van der Waals surface area contributed by atoms with Crippen LogP contribution in [-0.2, 0) is 10.0 Å². The van der Waals surface area contributed by atoms with Crippen molar-refractivity contribution in [3.05, 3.63) is 52.0 Å². The summed E-state index contributed by atoms with van der Waals surface area (Å²) in [7, 11) is -3.71. The van der Waals surface area contributed by atoms with Crippen LogP contribution in [0.15, 0.2) is 45.8 Å². The zero-order valence-corrected chi connectivity index (χ0v) is 13.5. The van der Waals surface area contributed by atoms with Crippen LogP contribution in [0.2, 0.25) is 0 Å². The van der Waals surface area contributed by atoms with Crippen LogP contribution in [0.5, 0.6) is 0 Å². The van der Waals surface area contributed by atoms with Crippen molar-refractivity contribution in [3.63, 3.8) is 0 Å². The van der Waals surface area contributed by atoms with E-state index >= 15 is 0 Å². The number of anilines is 2. The highest BCUT2D eigenvalue weighted by Gasteiger charge is 2.16. The van der Waals surface area contributed by atoms with Crippen LogP contribution in [0.3, 0.4) is 0 Å². The quantitative estimate of drug-likeness (QED) is 0.817. The third-order valence-electron chi connectivity index (χ3n) is 2.89. The molecule has 5 nitrogen and oxygen atoms in total. The van der Waals surface area contributed by atoms with Gasteiger partial charge in [0.1, 0.15) is 0 Å². The number of nitrogens with two attached hydrogens (primary N) is 1. The van der Waals surface area contributed by atoms with Crippen LogP contribution in [-0.4, -0.2) is 8.42 Å². The zero-order valence-electron chi connectivity index (χ0n) is 11.1. The second-order valence-corrected chi connectivity index (χ2v) is 6.97. The highest BCUT2D eigenvalue weighted by molar-refractivity contribution is 9.10. The van der Waals surface area contributed by atoms with E-state index < -0.39 is 10.0 Å². The number of nitrogens with one attached hydrogen (secondary N) is 1. The van der Waals surface area contributed by atoms with E-state index in [9.17, 15) is 8.42 Å². The maximum Gasteiger partial charge on any atom is 0.261 e. The number of sulfonamides is 1. The Hall–Kier alpha value is -2.04. The van der Waals surface area contributed by atoms with Gasteiger partial charge in [0.25, 0.3) is 10.0 Å². The normalized spacial score (nSPS) is 10.9. The first-order valence-electron chi connectivity index (χ1n) is 5.92. The van der Waals surface area contributed by atoms with E-state index in [0.717, 1.165) is 0 Å². The molecule has 0 atom stereocenters. The van der Waals surface area contributed by atoms with Gasteiger partial charge >= 0.3 is 0 Å². The predicted octanol–water partition coefficient (Wildman–Crippen LogP) is 3.01. The van der Waals surface area contributed by atoms with Crippen molar-refractivity contribution in [2.75, 3.05) is 10.5 Å². The third-order valence-corrected chi connectivity index (χ3v) is 4.91. The number of nitrogens with zero attached hydrogens (tertiary/aromatic N) is 1. The lowest BCUT2D eigenvalue weighted by molar-refractivity contribution is 0.601. The van der Waals surface area contributed by atoms with Crippen molar-refractivity contribution < 1.29 is 8.42 Å². The summed E-state index contributed by atoms with van der Waals surface area (Å²) in [4.78, 5) is 0.130. The first kappa shape index (κ1) is 15.4. The summed E-state index contributed by atoms with van der Waals surface area (Å²) in [6, 6.07) is 11.1. The van der Waals surface area contributed by atoms with Gasteiger partial charge < -0.3 is 5.73 Å². The highest BCUT2D eigenvalue weighted by atomic mass is 79.9. The van der Waals surface area contributed by atoms with Gasteiger partial charge in [-0.2, -0.15) is 5.26 Å². The van der Waals surface area contributed by atoms with Gasteiger partial charge in [0.2, 0.25) is 0 Å². The molecule has 21 heavy (non-hydrogen) atoms. The van der Waals surface area contributed by atoms with Gasteiger partial charge in [-0.15, -0.1) is 0 Å². The van der Waals surface area contributed by atoms with Crippen molar-refractivity contribution in [2.45, 2.75) is 11.8 Å². The van der Waals surface area contributed by atoms with Gasteiger partial charge in [-0.05, 0) is 64.8 Å². The van der Waals surface area contributed by atoms with Crippen molar-refractivity contribution >= 4 is 37.3 Å². The van der Waals surface area contributed by atoms with Crippen LogP contribution in [0.1, 0.15) is 11.1 Å². The second-order valence-electron chi connectivity index (χ2n) is 4.43. The summed E-state index contributed by atoms with van der Waals surface area (Å²) in [6.07, 6.45) is 0. The number of aryl methyl sites for hydroxylation is 1. The molecule has 7 heteroatoms. The van der Waals surface area contributed by atoms with E-state index in [-0.39, 0.29) is 4.90 Å². The molecule has 0 fully saturated rings. The molecule has 0 amide bonds. The molecule has 0 saturated carbocycles. The molecule has 2 aromatic carbocycles. The number of hydrogen-bond donors (Lipinski definition) is 2. The van der Waals surface area contributed by atoms with Gasteiger partial charge in [-0.3, -0.25) is 4.72 Å². The molecule has 0 aliphatic carbocycles. The van der Waals surface area contributed by atoms with Crippen molar-refractivity contribution in [3.8, 4) is 6.07 Å². The Morgan fingerprint density at radius 3 is 2.52 bits per heavy atom. The SMILES string of the molecule is Cc1cc(S(=O)(=O)Nc2ccc(C#N)cc2Br)ccc1N. The van der Waals surface area contributed by atoms with Crippen molar-refractivity contribution in [1.82, 2.24) is 0 Å². The highest BCUT2D eigenvalue weighted by Crippen LogP contribution is 2.26. The van der Waals surface area contributed by atoms with Gasteiger partial charge in [0, 0.05) is 10.2 Å².